The fourth-order valence-corrected chi connectivity index (χ4v) is 3.93. The lowest BCUT2D eigenvalue weighted by Gasteiger charge is -2.25. The number of rotatable bonds is 9. The molecule has 156 valence electrons. The summed E-state index contributed by atoms with van der Waals surface area (Å²) in [5, 5.41) is 2.37. The van der Waals surface area contributed by atoms with Crippen LogP contribution in [-0.4, -0.2) is 29.7 Å². The molecule has 0 aliphatic heterocycles. The highest BCUT2D eigenvalue weighted by Gasteiger charge is 2.39. The van der Waals surface area contributed by atoms with Gasteiger partial charge in [0, 0.05) is 0 Å². The van der Waals surface area contributed by atoms with E-state index in [0.29, 0.717) is 5.56 Å². The highest BCUT2D eigenvalue weighted by atomic mass is 31.2. The molecule has 3 atom stereocenters. The number of amides is 1. The minimum Gasteiger partial charge on any atom is -0.464 e. The Morgan fingerprint density at radius 1 is 1.03 bits per heavy atom. The molecule has 2 rings (SSSR count). The molecule has 2 aromatic carbocycles. The van der Waals surface area contributed by atoms with Crippen molar-refractivity contribution in [3.63, 3.8) is 0 Å². The van der Waals surface area contributed by atoms with E-state index in [9.17, 15) is 19.0 Å². The van der Waals surface area contributed by atoms with E-state index in [0.717, 1.165) is 5.56 Å². The highest BCUT2D eigenvalue weighted by Crippen LogP contribution is 2.55. The summed E-state index contributed by atoms with van der Waals surface area (Å²) in [5.74, 6) is -2.20. The van der Waals surface area contributed by atoms with Crippen LogP contribution in [0.25, 0.3) is 0 Å². The summed E-state index contributed by atoms with van der Waals surface area (Å²) in [6.45, 7) is 3.01. The Labute approximate surface area is 169 Å². The second kappa shape index (κ2) is 10.8. The molecule has 0 aliphatic carbocycles. The molecule has 0 saturated heterocycles. The molecule has 29 heavy (non-hydrogen) atoms. The van der Waals surface area contributed by atoms with Gasteiger partial charge in [-0.3, -0.25) is 9.09 Å². The number of esters is 1. The summed E-state index contributed by atoms with van der Waals surface area (Å²) in [6.07, 6.45) is -2.19. The number of nitrogens with one attached hydrogen (secondary N) is 1. The predicted octanol–water partition coefficient (Wildman–Crippen LogP) is 3.77. The van der Waals surface area contributed by atoms with E-state index in [-0.39, 0.29) is 13.2 Å². The quantitative estimate of drug-likeness (QED) is 0.468. The van der Waals surface area contributed by atoms with Crippen molar-refractivity contribution in [1.82, 2.24) is 5.32 Å². The fourth-order valence-electron chi connectivity index (χ4n) is 2.46. The molecule has 9 heteroatoms. The molecule has 0 aliphatic rings. The van der Waals surface area contributed by atoms with Crippen molar-refractivity contribution in [2.75, 3.05) is 6.61 Å². The Bertz CT molecular complexity index is 844. The van der Waals surface area contributed by atoms with Gasteiger partial charge in [-0.2, -0.15) is 0 Å². The summed E-state index contributed by atoms with van der Waals surface area (Å²) in [6, 6.07) is 17.1. The van der Waals surface area contributed by atoms with Gasteiger partial charge in [0.1, 0.15) is 6.61 Å². The lowest BCUT2D eigenvalue weighted by Crippen LogP contribution is -2.31. The Hall–Kier alpha value is -2.67. The van der Waals surface area contributed by atoms with Gasteiger partial charge in [-0.05, 0) is 25.0 Å². The zero-order valence-corrected chi connectivity index (χ0v) is 17.1. The average Bonchev–Trinajstić information content (AvgIpc) is 2.71. The third-order valence-electron chi connectivity index (χ3n) is 3.84. The second-order valence-corrected chi connectivity index (χ2v) is 7.94. The maximum absolute atomic E-state index is 12.9. The van der Waals surface area contributed by atoms with Crippen molar-refractivity contribution < 1.29 is 33.0 Å². The lowest BCUT2D eigenvalue weighted by molar-refractivity contribution is -0.150. The monoisotopic (exact) mass is 421 g/mol. The van der Waals surface area contributed by atoms with E-state index in [2.05, 4.69) is 5.32 Å². The van der Waals surface area contributed by atoms with Crippen molar-refractivity contribution in [1.29, 1.82) is 0 Å². The van der Waals surface area contributed by atoms with E-state index < -0.39 is 31.5 Å². The molecule has 0 spiro atoms. The van der Waals surface area contributed by atoms with E-state index in [1.807, 2.05) is 6.07 Å². The van der Waals surface area contributed by atoms with E-state index >= 15 is 0 Å². The Morgan fingerprint density at radius 2 is 1.62 bits per heavy atom. The maximum atomic E-state index is 12.9. The highest BCUT2D eigenvalue weighted by molar-refractivity contribution is 7.53. The van der Waals surface area contributed by atoms with Gasteiger partial charge in [0.25, 0.3) is 0 Å². The Kier molecular flexibility index (Phi) is 8.39. The second-order valence-electron chi connectivity index (χ2n) is 6.08. The topological polar surface area (TPSA) is 111 Å². The van der Waals surface area contributed by atoms with E-state index in [1.165, 1.54) is 6.92 Å². The maximum Gasteiger partial charge on any atom is 0.408 e. The van der Waals surface area contributed by atoms with Gasteiger partial charge in [0.15, 0.2) is 11.9 Å². The van der Waals surface area contributed by atoms with Gasteiger partial charge >= 0.3 is 19.7 Å². The van der Waals surface area contributed by atoms with Crippen LogP contribution < -0.4 is 5.32 Å². The average molecular weight is 421 g/mol. The van der Waals surface area contributed by atoms with Gasteiger partial charge in [0.2, 0.25) is 0 Å². The third kappa shape index (κ3) is 7.02. The first-order chi connectivity index (χ1) is 13.8. The lowest BCUT2D eigenvalue weighted by atomic mass is 10.2. The van der Waals surface area contributed by atoms with Crippen LogP contribution in [0.4, 0.5) is 4.79 Å². The van der Waals surface area contributed by atoms with Crippen molar-refractivity contribution in [3.05, 3.63) is 71.8 Å². The van der Waals surface area contributed by atoms with Gasteiger partial charge < -0.3 is 19.7 Å². The predicted molar refractivity (Wildman–Crippen MR) is 106 cm³/mol. The van der Waals surface area contributed by atoms with E-state index in [1.54, 1.807) is 61.5 Å². The number of ether oxygens (including phenoxy) is 2. The molecule has 1 amide bonds. The molecular formula is C20H24NO7P. The van der Waals surface area contributed by atoms with Crippen LogP contribution in [0.15, 0.2) is 60.7 Å². The van der Waals surface area contributed by atoms with Gasteiger partial charge in [-0.25, -0.2) is 9.59 Å². The molecular weight excluding hydrogens is 397 g/mol. The van der Waals surface area contributed by atoms with Gasteiger partial charge in [0.05, 0.1) is 6.61 Å². The third-order valence-corrected chi connectivity index (χ3v) is 5.53. The minimum atomic E-state index is -4.52. The van der Waals surface area contributed by atoms with Crippen LogP contribution in [0.2, 0.25) is 0 Å². The van der Waals surface area contributed by atoms with Crippen molar-refractivity contribution in [2.45, 2.75) is 32.3 Å². The summed E-state index contributed by atoms with van der Waals surface area (Å²) < 4.78 is 27.9. The van der Waals surface area contributed by atoms with Crippen molar-refractivity contribution in [3.8, 4) is 0 Å². The zero-order valence-electron chi connectivity index (χ0n) is 16.2. The van der Waals surface area contributed by atoms with Crippen LogP contribution in [-0.2, 0) is 30.0 Å². The molecule has 2 N–H and O–H groups in total. The standard InChI is InChI=1S/C20H24NO7P/c1-3-26-19(22)15(2)28-29(24,25)18(17-12-8-5-9-13-17)21-20(23)27-14-16-10-6-4-7-11-16/h4-13,15,18H,3,14H2,1-2H3,(H,21,23)(H,24,25)/t15-,18+/m1/s1. The molecule has 2 aromatic rings. The van der Waals surface area contributed by atoms with E-state index in [4.69, 9.17) is 14.0 Å². The normalized spacial score (nSPS) is 14.9. The molecule has 8 nitrogen and oxygen atoms in total. The molecule has 0 heterocycles. The number of carbonyl (C=O) groups is 2. The number of hydrogen-bond donors (Lipinski definition) is 2. The summed E-state index contributed by atoms with van der Waals surface area (Å²) in [4.78, 5) is 34.5. The van der Waals surface area contributed by atoms with Crippen molar-refractivity contribution >= 4 is 19.7 Å². The fraction of sp³-hybridized carbons (Fsp3) is 0.300. The number of carbonyl (C=O) groups excluding carboxylic acids is 2. The van der Waals surface area contributed by atoms with Crippen LogP contribution in [0.1, 0.15) is 30.8 Å². The van der Waals surface area contributed by atoms with Crippen LogP contribution in [0, 0.1) is 0 Å². The smallest absolute Gasteiger partial charge is 0.408 e. The van der Waals surface area contributed by atoms with Gasteiger partial charge in [-0.15, -0.1) is 0 Å². The number of alkyl carbamates (subject to hydrolysis) is 1. The first-order valence-corrected chi connectivity index (χ1v) is 10.7. The minimum absolute atomic E-state index is 0.00992. The van der Waals surface area contributed by atoms with Crippen molar-refractivity contribution in [2.24, 2.45) is 0 Å². The molecule has 0 fully saturated rings. The SMILES string of the molecule is CCOC(=O)[C@@H](C)OP(=O)(O)[C@H](NC(=O)OCc1ccccc1)c1ccccc1. The first-order valence-electron chi connectivity index (χ1n) is 9.03. The molecule has 1 unspecified atom stereocenters. The molecule has 0 aromatic heterocycles. The molecule has 0 bridgehead atoms. The van der Waals surface area contributed by atoms with Crippen LogP contribution in [0.5, 0.6) is 0 Å². The summed E-state index contributed by atoms with van der Waals surface area (Å²) >= 11 is 0. The Balaban J connectivity index is 2.13. The Morgan fingerprint density at radius 3 is 2.21 bits per heavy atom. The molecule has 0 saturated carbocycles. The number of benzene rings is 2. The van der Waals surface area contributed by atoms with Crippen LogP contribution >= 0.6 is 7.60 Å². The zero-order chi connectivity index (χ0) is 21.3. The summed E-state index contributed by atoms with van der Waals surface area (Å²) in [5.41, 5.74) is 1.09. The summed E-state index contributed by atoms with van der Waals surface area (Å²) in [7, 11) is -4.52. The largest absolute Gasteiger partial charge is 0.464 e. The number of hydrogen-bond acceptors (Lipinski definition) is 6. The van der Waals surface area contributed by atoms with Crippen LogP contribution in [0.3, 0.4) is 0 Å². The van der Waals surface area contributed by atoms with Gasteiger partial charge in [-0.1, -0.05) is 60.7 Å². The first kappa shape index (κ1) is 22.6. The molecule has 0 radical (unpaired) electrons.